The minimum Gasteiger partial charge on any atom is -0.497 e. The number of carbonyl (C=O) groups is 2. The highest BCUT2D eigenvalue weighted by Crippen LogP contribution is 2.19. The van der Waals surface area contributed by atoms with Crippen molar-refractivity contribution in [3.63, 3.8) is 0 Å². The van der Waals surface area contributed by atoms with Crippen LogP contribution in [0.2, 0.25) is 0 Å². The van der Waals surface area contributed by atoms with E-state index >= 15 is 0 Å². The van der Waals surface area contributed by atoms with Crippen molar-refractivity contribution in [2.24, 2.45) is 5.92 Å². The summed E-state index contributed by atoms with van der Waals surface area (Å²) in [7, 11) is 1.52. The van der Waals surface area contributed by atoms with Gasteiger partial charge in [-0.3, -0.25) is 19.0 Å². The summed E-state index contributed by atoms with van der Waals surface area (Å²) in [6.45, 7) is 4.26. The minimum absolute atomic E-state index is 0.0854. The van der Waals surface area contributed by atoms with Gasteiger partial charge in [-0.15, -0.1) is 0 Å². The third-order valence-corrected chi connectivity index (χ3v) is 5.22. The van der Waals surface area contributed by atoms with E-state index in [1.54, 1.807) is 38.1 Å². The second-order valence-corrected chi connectivity index (χ2v) is 7.13. The summed E-state index contributed by atoms with van der Waals surface area (Å²) in [5, 5.41) is 4.11. The summed E-state index contributed by atoms with van der Waals surface area (Å²) in [4.78, 5) is 52.3. The third kappa shape index (κ3) is 4.52. The Balaban J connectivity index is 2.00. The summed E-state index contributed by atoms with van der Waals surface area (Å²) in [5.41, 5.74) is -1.36. The lowest BCUT2D eigenvalue weighted by atomic mass is 9.98. The normalized spacial score (nSPS) is 16.1. The molecule has 1 aliphatic heterocycles. The maximum atomic E-state index is 13.2. The van der Waals surface area contributed by atoms with Gasteiger partial charge >= 0.3 is 11.7 Å². The van der Waals surface area contributed by atoms with E-state index in [1.165, 1.54) is 12.0 Å². The average molecular weight is 430 g/mol. The van der Waals surface area contributed by atoms with E-state index in [9.17, 15) is 19.2 Å². The van der Waals surface area contributed by atoms with Gasteiger partial charge in [-0.25, -0.2) is 4.79 Å². The van der Waals surface area contributed by atoms with Crippen LogP contribution in [0.4, 0.5) is 0 Å². The fraction of sp³-hybridized carbons (Fsp3) is 0.476. The monoisotopic (exact) mass is 430 g/mol. The Morgan fingerprint density at radius 2 is 1.87 bits per heavy atom. The number of methoxy groups -OCH3 is 1. The number of amides is 1. The number of aromatic nitrogens is 3. The number of hydrogen-bond donors (Lipinski definition) is 0. The number of hydrogen-bond acceptors (Lipinski definition) is 7. The predicted molar refractivity (Wildman–Crippen MR) is 112 cm³/mol. The second kappa shape index (κ2) is 9.59. The zero-order valence-corrected chi connectivity index (χ0v) is 17.9. The van der Waals surface area contributed by atoms with Crippen molar-refractivity contribution in [1.82, 2.24) is 19.2 Å². The molecule has 0 spiro atoms. The molecule has 0 saturated carbocycles. The van der Waals surface area contributed by atoms with Crippen LogP contribution in [0.15, 0.2) is 33.9 Å². The largest absolute Gasteiger partial charge is 0.497 e. The highest BCUT2D eigenvalue weighted by molar-refractivity contribution is 5.92. The van der Waals surface area contributed by atoms with Crippen molar-refractivity contribution in [2.45, 2.75) is 33.2 Å². The van der Waals surface area contributed by atoms with Crippen molar-refractivity contribution in [3.8, 4) is 11.4 Å². The van der Waals surface area contributed by atoms with Gasteiger partial charge in [-0.1, -0.05) is 0 Å². The van der Waals surface area contributed by atoms with Gasteiger partial charge in [0.2, 0.25) is 5.69 Å². The molecular formula is C21H26N4O6. The third-order valence-electron chi connectivity index (χ3n) is 5.22. The number of likely N-dealkylation sites (tertiary alicyclic amines) is 1. The van der Waals surface area contributed by atoms with E-state index in [-0.39, 0.29) is 31.4 Å². The lowest BCUT2D eigenvalue weighted by molar-refractivity contribution is -0.149. The van der Waals surface area contributed by atoms with Crippen LogP contribution in [0.5, 0.6) is 5.75 Å². The molecule has 1 fully saturated rings. The molecule has 0 N–H and O–H groups in total. The number of rotatable bonds is 6. The summed E-state index contributed by atoms with van der Waals surface area (Å²) in [6, 6.07) is 6.54. The van der Waals surface area contributed by atoms with Crippen molar-refractivity contribution in [2.75, 3.05) is 26.8 Å². The molecule has 1 aromatic carbocycles. The number of piperidine rings is 1. The zero-order chi connectivity index (χ0) is 22.5. The average Bonchev–Trinajstić information content (AvgIpc) is 2.79. The number of esters is 1. The second-order valence-electron chi connectivity index (χ2n) is 7.13. The van der Waals surface area contributed by atoms with E-state index in [0.29, 0.717) is 30.8 Å². The molecule has 0 aliphatic carbocycles. The summed E-state index contributed by atoms with van der Waals surface area (Å²) in [5.74, 6) is -0.820. The van der Waals surface area contributed by atoms with E-state index < -0.39 is 23.1 Å². The lowest BCUT2D eigenvalue weighted by Crippen LogP contribution is -2.49. The van der Waals surface area contributed by atoms with Crippen molar-refractivity contribution < 1.29 is 19.1 Å². The number of nitrogens with zero attached hydrogens (tertiary/aromatic N) is 4. The molecule has 1 aromatic heterocycles. The Labute approximate surface area is 179 Å². The van der Waals surface area contributed by atoms with Crippen LogP contribution in [0.25, 0.3) is 5.69 Å². The van der Waals surface area contributed by atoms with E-state index in [1.807, 2.05) is 0 Å². The zero-order valence-electron chi connectivity index (χ0n) is 17.9. The SMILES string of the molecule is CCOC(=O)C1CCCN(C(=O)c2nn(-c3ccc(OC)cc3)c(=O)n(CC)c2=O)C1. The first-order chi connectivity index (χ1) is 14.9. The van der Waals surface area contributed by atoms with Crippen molar-refractivity contribution in [3.05, 3.63) is 50.8 Å². The molecule has 0 radical (unpaired) electrons. The topological polar surface area (TPSA) is 113 Å². The van der Waals surface area contributed by atoms with Gasteiger partial charge in [0.15, 0.2) is 0 Å². The highest BCUT2D eigenvalue weighted by Gasteiger charge is 2.32. The van der Waals surface area contributed by atoms with Gasteiger partial charge < -0.3 is 14.4 Å². The van der Waals surface area contributed by atoms with Crippen molar-refractivity contribution in [1.29, 1.82) is 0 Å². The quantitative estimate of drug-likeness (QED) is 0.624. The van der Waals surface area contributed by atoms with E-state index in [2.05, 4.69) is 5.10 Å². The van der Waals surface area contributed by atoms with Gasteiger partial charge in [-0.2, -0.15) is 9.78 Å². The Morgan fingerprint density at radius 1 is 1.16 bits per heavy atom. The molecule has 2 aromatic rings. The van der Waals surface area contributed by atoms with Crippen molar-refractivity contribution >= 4 is 11.9 Å². The molecule has 1 amide bonds. The molecule has 10 heteroatoms. The molecule has 1 saturated heterocycles. The fourth-order valence-corrected chi connectivity index (χ4v) is 3.58. The van der Waals surface area contributed by atoms with Crippen LogP contribution < -0.4 is 16.0 Å². The maximum Gasteiger partial charge on any atom is 0.352 e. The standard InChI is InChI=1S/C21H26N4O6/c1-4-24-19(27)17(18(26)23-12-6-7-14(13-23)20(28)31-5-2)22-25(21(24)29)15-8-10-16(30-3)11-9-15/h8-11,14H,4-7,12-13H2,1-3H3. The van der Waals surface area contributed by atoms with Crippen LogP contribution in [0, 0.1) is 5.92 Å². The Hall–Kier alpha value is -3.43. The molecule has 3 rings (SSSR count). The Bertz CT molecular complexity index is 1070. The first-order valence-corrected chi connectivity index (χ1v) is 10.3. The number of ether oxygens (including phenoxy) is 2. The molecule has 10 nitrogen and oxygen atoms in total. The molecule has 0 bridgehead atoms. The van der Waals surface area contributed by atoms with Crippen LogP contribution in [-0.2, 0) is 16.1 Å². The van der Waals surface area contributed by atoms with Gasteiger partial charge in [-0.05, 0) is 51.0 Å². The summed E-state index contributed by atoms with van der Waals surface area (Å²) in [6.07, 6.45) is 1.22. The van der Waals surface area contributed by atoms with Gasteiger partial charge in [0.25, 0.3) is 11.5 Å². The molecular weight excluding hydrogens is 404 g/mol. The summed E-state index contributed by atoms with van der Waals surface area (Å²) < 4.78 is 12.2. The van der Waals surface area contributed by atoms with Gasteiger partial charge in [0.1, 0.15) is 5.75 Å². The predicted octanol–water partition coefficient (Wildman–Crippen LogP) is 0.838. The molecule has 166 valence electrons. The Morgan fingerprint density at radius 3 is 2.48 bits per heavy atom. The Kier molecular flexibility index (Phi) is 6.88. The van der Waals surface area contributed by atoms with Crippen LogP contribution in [-0.4, -0.2) is 57.9 Å². The summed E-state index contributed by atoms with van der Waals surface area (Å²) >= 11 is 0. The molecule has 1 unspecified atom stereocenters. The minimum atomic E-state index is -0.750. The van der Waals surface area contributed by atoms with Gasteiger partial charge in [0, 0.05) is 19.6 Å². The first-order valence-electron chi connectivity index (χ1n) is 10.3. The maximum absolute atomic E-state index is 13.2. The van der Waals surface area contributed by atoms with Crippen LogP contribution >= 0.6 is 0 Å². The molecule has 1 atom stereocenters. The smallest absolute Gasteiger partial charge is 0.352 e. The molecule has 1 aliphatic rings. The van der Waals surface area contributed by atoms with E-state index in [0.717, 1.165) is 9.25 Å². The molecule has 31 heavy (non-hydrogen) atoms. The van der Waals surface area contributed by atoms with E-state index in [4.69, 9.17) is 9.47 Å². The number of benzene rings is 1. The molecule has 2 heterocycles. The fourth-order valence-electron chi connectivity index (χ4n) is 3.58. The van der Waals surface area contributed by atoms with Crippen LogP contribution in [0.3, 0.4) is 0 Å². The lowest BCUT2D eigenvalue weighted by Gasteiger charge is -2.31. The highest BCUT2D eigenvalue weighted by atomic mass is 16.5. The van der Waals surface area contributed by atoms with Crippen LogP contribution in [0.1, 0.15) is 37.2 Å². The first kappa shape index (κ1) is 22.3. The van der Waals surface area contributed by atoms with Gasteiger partial charge in [0.05, 0.1) is 25.3 Å². The number of carbonyl (C=O) groups excluding carboxylic acids is 2.